The van der Waals surface area contributed by atoms with Crippen LogP contribution in [-0.2, 0) is 0 Å². The predicted molar refractivity (Wildman–Crippen MR) is 98.9 cm³/mol. The van der Waals surface area contributed by atoms with E-state index in [0.717, 1.165) is 50.0 Å². The molecule has 5 heteroatoms. The lowest BCUT2D eigenvalue weighted by Gasteiger charge is -2.34. The van der Waals surface area contributed by atoms with Crippen molar-refractivity contribution < 1.29 is 14.6 Å². The van der Waals surface area contributed by atoms with Crippen molar-refractivity contribution in [1.82, 2.24) is 4.90 Å². The van der Waals surface area contributed by atoms with E-state index in [-0.39, 0.29) is 24.8 Å². The summed E-state index contributed by atoms with van der Waals surface area (Å²) < 4.78 is 6.10. The summed E-state index contributed by atoms with van der Waals surface area (Å²) in [4.78, 5) is 14.5. The second-order valence-corrected chi connectivity index (χ2v) is 7.42. The average Bonchev–Trinajstić information content (AvgIpc) is 3.16. The number of nitrogens with zero attached hydrogens (tertiary/aromatic N) is 1. The Morgan fingerprint density at radius 2 is 1.84 bits per heavy atom. The first-order valence-electron chi connectivity index (χ1n) is 9.57. The molecule has 0 spiro atoms. The summed E-state index contributed by atoms with van der Waals surface area (Å²) in [7, 11) is 1.86. The Balaban J connectivity index is 1.58. The largest absolute Gasteiger partial charge is 0.488 e. The number of carbonyl (C=O) groups is 1. The smallest absolute Gasteiger partial charge is 0.321 e. The molecule has 1 aromatic rings. The molecule has 0 bridgehead atoms. The van der Waals surface area contributed by atoms with Crippen LogP contribution in [-0.4, -0.2) is 41.8 Å². The lowest BCUT2D eigenvalue weighted by Crippen LogP contribution is -2.42. The maximum absolute atomic E-state index is 12.7. The summed E-state index contributed by atoms with van der Waals surface area (Å²) in [5.41, 5.74) is 0.746. The second-order valence-electron chi connectivity index (χ2n) is 7.42. The van der Waals surface area contributed by atoms with Crippen LogP contribution in [0, 0.1) is 5.92 Å². The molecule has 0 aromatic heterocycles. The molecule has 0 unspecified atom stereocenters. The topological polar surface area (TPSA) is 61.8 Å². The first-order valence-corrected chi connectivity index (χ1v) is 9.57. The third-order valence-electron chi connectivity index (χ3n) is 5.67. The van der Waals surface area contributed by atoms with Crippen molar-refractivity contribution in [1.29, 1.82) is 0 Å². The van der Waals surface area contributed by atoms with E-state index in [1.54, 1.807) is 4.90 Å². The molecule has 2 aliphatic rings. The number of amides is 2. The van der Waals surface area contributed by atoms with Gasteiger partial charge in [0.25, 0.3) is 0 Å². The average molecular weight is 346 g/mol. The van der Waals surface area contributed by atoms with Crippen molar-refractivity contribution in [3.8, 4) is 5.75 Å². The number of hydrogen-bond donors (Lipinski definition) is 2. The van der Waals surface area contributed by atoms with E-state index in [9.17, 15) is 9.90 Å². The van der Waals surface area contributed by atoms with Crippen molar-refractivity contribution >= 4 is 11.7 Å². The number of nitrogens with one attached hydrogen (secondary N) is 1. The molecule has 0 saturated heterocycles. The molecule has 2 saturated carbocycles. The van der Waals surface area contributed by atoms with Gasteiger partial charge in [0.1, 0.15) is 5.75 Å². The summed E-state index contributed by atoms with van der Waals surface area (Å²) in [5, 5.41) is 12.3. The molecular formula is C20H30N2O3. The van der Waals surface area contributed by atoms with Crippen LogP contribution in [0.5, 0.6) is 5.75 Å². The first-order chi connectivity index (χ1) is 12.2. The molecule has 2 N–H and O–H groups in total. The highest BCUT2D eigenvalue weighted by atomic mass is 16.5. The highest BCUT2D eigenvalue weighted by Gasteiger charge is 2.27. The minimum Gasteiger partial charge on any atom is -0.488 e. The van der Waals surface area contributed by atoms with Gasteiger partial charge in [0.2, 0.25) is 0 Å². The third-order valence-corrected chi connectivity index (χ3v) is 5.67. The van der Waals surface area contributed by atoms with E-state index < -0.39 is 0 Å². The monoisotopic (exact) mass is 346 g/mol. The summed E-state index contributed by atoms with van der Waals surface area (Å²) in [6.07, 6.45) is 8.78. The number of rotatable bonds is 5. The molecule has 1 aromatic carbocycles. The molecule has 0 atom stereocenters. The number of hydrogen-bond acceptors (Lipinski definition) is 3. The van der Waals surface area contributed by atoms with E-state index in [1.165, 1.54) is 12.8 Å². The van der Waals surface area contributed by atoms with Gasteiger partial charge in [0, 0.05) is 19.7 Å². The van der Waals surface area contributed by atoms with E-state index in [1.807, 2.05) is 31.3 Å². The van der Waals surface area contributed by atoms with E-state index in [2.05, 4.69) is 5.32 Å². The minimum absolute atomic E-state index is 0.0880. The molecule has 0 aliphatic heterocycles. The zero-order chi connectivity index (χ0) is 17.6. The van der Waals surface area contributed by atoms with Gasteiger partial charge in [-0.2, -0.15) is 0 Å². The first kappa shape index (κ1) is 18.1. The van der Waals surface area contributed by atoms with Gasteiger partial charge in [-0.1, -0.05) is 12.1 Å². The molecule has 25 heavy (non-hydrogen) atoms. The zero-order valence-electron chi connectivity index (χ0n) is 15.1. The molecule has 2 aliphatic carbocycles. The standard InChI is InChI=1S/C20H30N2O3/c1-22(16-12-10-15(14-23)11-13-16)20(24)21-18-8-4-5-9-19(18)25-17-6-2-3-7-17/h4-5,8-9,15-17,23H,2-3,6-7,10-14H2,1H3,(H,21,24). The van der Waals surface area contributed by atoms with Crippen molar-refractivity contribution in [2.24, 2.45) is 5.92 Å². The summed E-state index contributed by atoms with van der Waals surface area (Å²) in [5.74, 6) is 1.16. The number of carbonyl (C=O) groups excluding carboxylic acids is 1. The highest BCUT2D eigenvalue weighted by Crippen LogP contribution is 2.31. The molecular weight excluding hydrogens is 316 g/mol. The van der Waals surface area contributed by atoms with Crippen LogP contribution in [0.2, 0.25) is 0 Å². The van der Waals surface area contributed by atoms with E-state index in [0.29, 0.717) is 5.92 Å². The normalized spacial score (nSPS) is 24.1. The van der Waals surface area contributed by atoms with Crippen molar-refractivity contribution in [2.45, 2.75) is 63.5 Å². The van der Waals surface area contributed by atoms with Crippen LogP contribution < -0.4 is 10.1 Å². The third kappa shape index (κ3) is 4.66. The number of urea groups is 1. The van der Waals surface area contributed by atoms with Gasteiger partial charge >= 0.3 is 6.03 Å². The fourth-order valence-corrected chi connectivity index (χ4v) is 3.94. The second kappa shape index (κ2) is 8.56. The number of para-hydroxylation sites is 2. The number of ether oxygens (including phenoxy) is 1. The van der Waals surface area contributed by atoms with Crippen LogP contribution in [0.4, 0.5) is 10.5 Å². The van der Waals surface area contributed by atoms with E-state index in [4.69, 9.17) is 4.74 Å². The van der Waals surface area contributed by atoms with Crippen molar-refractivity contribution in [2.75, 3.05) is 19.0 Å². The van der Waals surface area contributed by atoms with Crippen LogP contribution in [0.3, 0.4) is 0 Å². The molecule has 0 heterocycles. The van der Waals surface area contributed by atoms with Gasteiger partial charge in [-0.25, -0.2) is 4.79 Å². The Hall–Kier alpha value is -1.75. The fourth-order valence-electron chi connectivity index (χ4n) is 3.94. The molecule has 2 amide bonds. The Morgan fingerprint density at radius 1 is 1.16 bits per heavy atom. The summed E-state index contributed by atoms with van der Waals surface area (Å²) in [6.45, 7) is 0.258. The number of benzene rings is 1. The van der Waals surface area contributed by atoms with Crippen LogP contribution in [0.1, 0.15) is 51.4 Å². The van der Waals surface area contributed by atoms with E-state index >= 15 is 0 Å². The lowest BCUT2D eigenvalue weighted by molar-refractivity contribution is 0.139. The number of aliphatic hydroxyl groups is 1. The predicted octanol–water partition coefficient (Wildman–Crippen LogP) is 4.02. The highest BCUT2D eigenvalue weighted by molar-refractivity contribution is 5.91. The Morgan fingerprint density at radius 3 is 2.52 bits per heavy atom. The van der Waals surface area contributed by atoms with Gasteiger partial charge in [-0.15, -0.1) is 0 Å². The maximum Gasteiger partial charge on any atom is 0.321 e. The number of anilines is 1. The molecule has 3 rings (SSSR count). The zero-order valence-corrected chi connectivity index (χ0v) is 15.1. The Labute approximate surface area is 150 Å². The Bertz CT molecular complexity index is 564. The number of aliphatic hydroxyl groups excluding tert-OH is 1. The van der Waals surface area contributed by atoms with Gasteiger partial charge in [-0.3, -0.25) is 0 Å². The van der Waals surface area contributed by atoms with Crippen molar-refractivity contribution in [3.63, 3.8) is 0 Å². The molecule has 2 fully saturated rings. The SMILES string of the molecule is CN(C(=O)Nc1ccccc1OC1CCCC1)C1CCC(CO)CC1. The summed E-state index contributed by atoms with van der Waals surface area (Å²) in [6, 6.07) is 7.85. The molecule has 0 radical (unpaired) electrons. The quantitative estimate of drug-likeness (QED) is 0.846. The van der Waals surface area contributed by atoms with Gasteiger partial charge < -0.3 is 20.1 Å². The fraction of sp³-hybridized carbons (Fsp3) is 0.650. The molecule has 138 valence electrons. The van der Waals surface area contributed by atoms with Gasteiger partial charge in [0.05, 0.1) is 11.8 Å². The van der Waals surface area contributed by atoms with Gasteiger partial charge in [0.15, 0.2) is 0 Å². The van der Waals surface area contributed by atoms with Crippen LogP contribution >= 0.6 is 0 Å². The van der Waals surface area contributed by atoms with Crippen molar-refractivity contribution in [3.05, 3.63) is 24.3 Å². The van der Waals surface area contributed by atoms with Crippen LogP contribution in [0.25, 0.3) is 0 Å². The summed E-state index contributed by atoms with van der Waals surface area (Å²) >= 11 is 0. The van der Waals surface area contributed by atoms with Gasteiger partial charge in [-0.05, 0) is 69.4 Å². The molecule has 5 nitrogen and oxygen atoms in total. The van der Waals surface area contributed by atoms with Crippen LogP contribution in [0.15, 0.2) is 24.3 Å². The Kier molecular flexibility index (Phi) is 6.19. The minimum atomic E-state index is -0.0880. The lowest BCUT2D eigenvalue weighted by atomic mass is 9.86. The maximum atomic E-state index is 12.7.